The summed E-state index contributed by atoms with van der Waals surface area (Å²) in [7, 11) is 0. The van der Waals surface area contributed by atoms with Gasteiger partial charge in [-0.3, -0.25) is 0 Å². The molecule has 0 amide bonds. The molecule has 0 unspecified atom stereocenters. The Hall–Kier alpha value is -2.71. The van der Waals surface area contributed by atoms with E-state index in [9.17, 15) is 0 Å². The smallest absolute Gasteiger partial charge is 0.0888 e. The van der Waals surface area contributed by atoms with Crippen LogP contribution in [0, 0.1) is 13.8 Å². The van der Waals surface area contributed by atoms with Crippen molar-refractivity contribution in [3.63, 3.8) is 0 Å². The number of aromatic nitrogens is 1. The molecule has 25 heavy (non-hydrogen) atoms. The van der Waals surface area contributed by atoms with Gasteiger partial charge in [-0.05, 0) is 59.8 Å². The Bertz CT molecular complexity index is 1260. The lowest BCUT2D eigenvalue weighted by atomic mass is 9.97. The van der Waals surface area contributed by atoms with Crippen LogP contribution in [0.1, 0.15) is 11.1 Å². The molecule has 0 saturated carbocycles. The normalized spacial score (nSPS) is 11.6. The molecule has 0 fully saturated rings. The first-order chi connectivity index (χ1) is 12.2. The third-order valence-corrected chi connectivity index (χ3v) is 5.82. The van der Waals surface area contributed by atoms with Crippen molar-refractivity contribution in [3.05, 3.63) is 77.2 Å². The van der Waals surface area contributed by atoms with Crippen molar-refractivity contribution in [2.75, 3.05) is 0 Å². The average Bonchev–Trinajstić information content (AvgIpc) is 3.11. The first kappa shape index (κ1) is 14.6. The van der Waals surface area contributed by atoms with Crippen molar-refractivity contribution in [2.45, 2.75) is 13.8 Å². The summed E-state index contributed by atoms with van der Waals surface area (Å²) in [4.78, 5) is 5.02. The third-order valence-electron chi connectivity index (χ3n) is 4.90. The minimum absolute atomic E-state index is 1.06. The molecular weight excluding hydrogens is 322 g/mol. The second kappa shape index (κ2) is 5.40. The fourth-order valence-electron chi connectivity index (χ4n) is 3.66. The summed E-state index contributed by atoms with van der Waals surface area (Å²) in [6, 6.07) is 21.8. The predicted molar refractivity (Wildman–Crippen MR) is 110 cm³/mol. The minimum Gasteiger partial charge on any atom is -0.246 e. The SMILES string of the molecule is Cc1ccc2cc(-c3nc4ccccc4c4ccsc34)cc(C)c2c1. The first-order valence-corrected chi connectivity index (χ1v) is 9.36. The Morgan fingerprint density at radius 3 is 2.60 bits per heavy atom. The molecule has 2 aromatic heterocycles. The highest BCUT2D eigenvalue weighted by Gasteiger charge is 2.12. The maximum atomic E-state index is 5.02. The lowest BCUT2D eigenvalue weighted by molar-refractivity contribution is 1.42. The number of rotatable bonds is 1. The number of nitrogens with zero attached hydrogens (tertiary/aromatic N) is 1. The number of para-hydroxylation sites is 1. The predicted octanol–water partition coefficient (Wildman–Crippen LogP) is 6.89. The van der Waals surface area contributed by atoms with Crippen molar-refractivity contribution in [2.24, 2.45) is 0 Å². The standard InChI is InChI=1S/C23H17NS/c1-14-7-8-16-13-17(12-15(2)20(16)11-14)22-23-19(9-10-25-23)18-5-3-4-6-21(18)24-22/h3-13H,1-2H3. The second-order valence-corrected chi connectivity index (χ2v) is 7.57. The van der Waals surface area contributed by atoms with E-state index < -0.39 is 0 Å². The molecule has 120 valence electrons. The van der Waals surface area contributed by atoms with Crippen LogP contribution in [-0.4, -0.2) is 4.98 Å². The highest BCUT2D eigenvalue weighted by molar-refractivity contribution is 7.17. The maximum Gasteiger partial charge on any atom is 0.0888 e. The van der Waals surface area contributed by atoms with Crippen LogP contribution in [0.4, 0.5) is 0 Å². The molecule has 0 spiro atoms. The molecule has 0 aliphatic rings. The van der Waals surface area contributed by atoms with Gasteiger partial charge in [-0.25, -0.2) is 4.98 Å². The van der Waals surface area contributed by atoms with E-state index in [1.54, 1.807) is 11.3 Å². The Labute approximate surface area is 150 Å². The number of hydrogen-bond donors (Lipinski definition) is 0. The van der Waals surface area contributed by atoms with Gasteiger partial charge in [0.05, 0.1) is 15.9 Å². The van der Waals surface area contributed by atoms with E-state index in [4.69, 9.17) is 4.98 Å². The molecule has 0 aliphatic heterocycles. The van der Waals surface area contributed by atoms with Crippen LogP contribution >= 0.6 is 11.3 Å². The van der Waals surface area contributed by atoms with Gasteiger partial charge in [0.1, 0.15) is 0 Å². The molecule has 3 aromatic carbocycles. The zero-order valence-electron chi connectivity index (χ0n) is 14.2. The molecule has 5 aromatic rings. The van der Waals surface area contributed by atoms with Crippen molar-refractivity contribution in [1.82, 2.24) is 4.98 Å². The molecule has 0 aliphatic carbocycles. The molecule has 0 bridgehead atoms. The number of aryl methyl sites for hydroxylation is 2. The summed E-state index contributed by atoms with van der Waals surface area (Å²) in [5, 5.41) is 7.30. The van der Waals surface area contributed by atoms with Crippen LogP contribution in [0.2, 0.25) is 0 Å². The van der Waals surface area contributed by atoms with Gasteiger partial charge in [0.2, 0.25) is 0 Å². The second-order valence-electron chi connectivity index (χ2n) is 6.66. The van der Waals surface area contributed by atoms with Gasteiger partial charge in [-0.2, -0.15) is 0 Å². The van der Waals surface area contributed by atoms with Crippen LogP contribution in [0.25, 0.3) is 43.0 Å². The molecule has 1 nitrogen and oxygen atoms in total. The third kappa shape index (κ3) is 2.25. The minimum atomic E-state index is 1.06. The van der Waals surface area contributed by atoms with E-state index in [-0.39, 0.29) is 0 Å². The fourth-order valence-corrected chi connectivity index (χ4v) is 4.59. The van der Waals surface area contributed by atoms with Crippen LogP contribution in [-0.2, 0) is 0 Å². The van der Waals surface area contributed by atoms with Crippen molar-refractivity contribution < 1.29 is 0 Å². The number of hydrogen-bond acceptors (Lipinski definition) is 2. The molecule has 0 radical (unpaired) electrons. The van der Waals surface area contributed by atoms with E-state index in [1.165, 1.54) is 42.9 Å². The van der Waals surface area contributed by atoms with Gasteiger partial charge in [0.15, 0.2) is 0 Å². The van der Waals surface area contributed by atoms with Crippen LogP contribution < -0.4 is 0 Å². The number of benzene rings is 3. The van der Waals surface area contributed by atoms with Gasteiger partial charge in [-0.1, -0.05) is 42.0 Å². The molecular formula is C23H17NS. The highest BCUT2D eigenvalue weighted by atomic mass is 32.1. The monoisotopic (exact) mass is 339 g/mol. The van der Waals surface area contributed by atoms with Crippen LogP contribution in [0.15, 0.2) is 66.0 Å². The highest BCUT2D eigenvalue weighted by Crippen LogP contribution is 2.37. The molecule has 5 rings (SSSR count). The average molecular weight is 339 g/mol. The van der Waals surface area contributed by atoms with Gasteiger partial charge in [0.25, 0.3) is 0 Å². The van der Waals surface area contributed by atoms with E-state index in [0.717, 1.165) is 11.2 Å². The molecule has 0 saturated heterocycles. The van der Waals surface area contributed by atoms with E-state index >= 15 is 0 Å². The van der Waals surface area contributed by atoms with Gasteiger partial charge in [-0.15, -0.1) is 11.3 Å². The summed E-state index contributed by atoms with van der Waals surface area (Å²) in [5.74, 6) is 0. The quantitative estimate of drug-likeness (QED) is 0.324. The van der Waals surface area contributed by atoms with Crippen molar-refractivity contribution in [3.8, 4) is 11.3 Å². The lowest BCUT2D eigenvalue weighted by Gasteiger charge is -2.10. The summed E-state index contributed by atoms with van der Waals surface area (Å²) in [6.45, 7) is 4.34. The van der Waals surface area contributed by atoms with Crippen molar-refractivity contribution >= 4 is 43.1 Å². The maximum absolute atomic E-state index is 5.02. The summed E-state index contributed by atoms with van der Waals surface area (Å²) in [5.41, 5.74) is 5.95. The van der Waals surface area contributed by atoms with Gasteiger partial charge >= 0.3 is 0 Å². The summed E-state index contributed by atoms with van der Waals surface area (Å²) >= 11 is 1.77. The zero-order valence-corrected chi connectivity index (χ0v) is 15.0. The van der Waals surface area contributed by atoms with Crippen LogP contribution in [0.3, 0.4) is 0 Å². The Morgan fingerprint density at radius 2 is 1.68 bits per heavy atom. The largest absolute Gasteiger partial charge is 0.246 e. The molecule has 0 atom stereocenters. The number of fused-ring (bicyclic) bond motifs is 4. The number of thiophene rings is 1. The topological polar surface area (TPSA) is 12.9 Å². The van der Waals surface area contributed by atoms with E-state index in [2.05, 4.69) is 79.9 Å². The zero-order chi connectivity index (χ0) is 17.0. The summed E-state index contributed by atoms with van der Waals surface area (Å²) in [6.07, 6.45) is 0. The Morgan fingerprint density at radius 1 is 0.800 bits per heavy atom. The Balaban J connectivity index is 1.87. The molecule has 2 heterocycles. The van der Waals surface area contributed by atoms with Crippen molar-refractivity contribution in [1.29, 1.82) is 0 Å². The van der Waals surface area contributed by atoms with Gasteiger partial charge < -0.3 is 0 Å². The molecule has 2 heteroatoms. The van der Waals surface area contributed by atoms with Crippen LogP contribution in [0.5, 0.6) is 0 Å². The lowest BCUT2D eigenvalue weighted by Crippen LogP contribution is -1.89. The van der Waals surface area contributed by atoms with Gasteiger partial charge in [0, 0.05) is 16.3 Å². The van der Waals surface area contributed by atoms with E-state index in [1.807, 2.05) is 0 Å². The fraction of sp³-hybridized carbons (Fsp3) is 0.0870. The summed E-state index contributed by atoms with van der Waals surface area (Å²) < 4.78 is 1.27. The van der Waals surface area contributed by atoms with E-state index in [0.29, 0.717) is 0 Å². The first-order valence-electron chi connectivity index (χ1n) is 8.48. The number of pyridine rings is 1. The Kier molecular flexibility index (Phi) is 3.16. The molecule has 0 N–H and O–H groups in total.